The molecule has 0 saturated heterocycles. The monoisotopic (exact) mass is 290 g/mol. The van der Waals surface area contributed by atoms with Crippen LogP contribution in [0.3, 0.4) is 0 Å². The summed E-state index contributed by atoms with van der Waals surface area (Å²) in [4.78, 5) is 15.9. The fourth-order valence-corrected chi connectivity index (χ4v) is 1.61. The van der Waals surface area contributed by atoms with Gasteiger partial charge < -0.3 is 4.74 Å². The number of nitrogens with zero attached hydrogens (tertiary/aromatic N) is 1. The molecular weight excluding hydrogens is 264 g/mol. The van der Waals surface area contributed by atoms with Gasteiger partial charge in [-0.15, -0.1) is 0 Å². The zero-order valence-corrected chi connectivity index (χ0v) is 13.2. The van der Waals surface area contributed by atoms with Crippen LogP contribution in [0.25, 0.3) is 10.9 Å². The lowest BCUT2D eigenvalue weighted by Gasteiger charge is -2.10. The largest absolute Gasteiger partial charge is 0.449 e. The maximum Gasteiger partial charge on any atom is 0.412 e. The van der Waals surface area contributed by atoms with E-state index in [9.17, 15) is 4.79 Å². The van der Waals surface area contributed by atoms with Crippen LogP contribution in [0.15, 0.2) is 36.4 Å². The second kappa shape index (κ2) is 8.95. The minimum absolute atomic E-state index is 0. The first kappa shape index (κ1) is 17.0. The standard InChI is InChI=1S/C15H18N2O2.C2H6.H2/c1-3-11(2)10-19-15(18)17-14-9-8-12-6-4-5-7-13(12)16-14;1-2;/h4-9,11H,3,10H2,1-2H3,(H,16,17,18);1-2H3;1H. The molecule has 2 aromatic rings. The van der Waals surface area contributed by atoms with E-state index in [0.29, 0.717) is 18.3 Å². The number of amides is 1. The second-order valence-corrected chi connectivity index (χ2v) is 4.63. The van der Waals surface area contributed by atoms with Gasteiger partial charge in [0.2, 0.25) is 0 Å². The molecule has 1 amide bonds. The SMILES string of the molecule is CC.CCC(C)COC(=O)Nc1ccc2ccccc2n1.[HH]. The van der Waals surface area contributed by atoms with E-state index in [4.69, 9.17) is 4.74 Å². The Morgan fingerprint density at radius 2 is 2.00 bits per heavy atom. The Bertz CT molecular complexity index is 575. The summed E-state index contributed by atoms with van der Waals surface area (Å²) in [5, 5.41) is 3.68. The predicted molar refractivity (Wildman–Crippen MR) is 89.6 cm³/mol. The van der Waals surface area contributed by atoms with E-state index in [1.807, 2.05) is 51.1 Å². The van der Waals surface area contributed by atoms with Crippen molar-refractivity contribution >= 4 is 22.8 Å². The van der Waals surface area contributed by atoms with Crippen LogP contribution in [-0.4, -0.2) is 17.7 Å². The summed E-state index contributed by atoms with van der Waals surface area (Å²) < 4.78 is 5.12. The molecule has 0 saturated carbocycles. The lowest BCUT2D eigenvalue weighted by atomic mass is 10.1. The molecule has 0 aliphatic heterocycles. The van der Waals surface area contributed by atoms with Crippen LogP contribution < -0.4 is 5.32 Å². The number of rotatable bonds is 4. The molecule has 1 unspecified atom stereocenters. The van der Waals surface area contributed by atoms with E-state index in [0.717, 1.165) is 17.3 Å². The molecule has 0 radical (unpaired) electrons. The molecule has 0 aliphatic carbocycles. The van der Waals surface area contributed by atoms with Crippen LogP contribution in [0.4, 0.5) is 10.6 Å². The Kier molecular flexibility index (Phi) is 7.23. The molecule has 4 nitrogen and oxygen atoms in total. The number of aromatic nitrogens is 1. The fourth-order valence-electron chi connectivity index (χ4n) is 1.61. The highest BCUT2D eigenvalue weighted by Gasteiger charge is 2.07. The van der Waals surface area contributed by atoms with Gasteiger partial charge in [-0.3, -0.25) is 5.32 Å². The van der Waals surface area contributed by atoms with E-state index in [1.54, 1.807) is 6.07 Å². The third-order valence-electron chi connectivity index (χ3n) is 3.02. The average molecular weight is 290 g/mol. The number of benzene rings is 1. The average Bonchev–Trinajstić information content (AvgIpc) is 2.54. The Labute approximate surface area is 128 Å². The van der Waals surface area contributed by atoms with Gasteiger partial charge in [0, 0.05) is 6.81 Å². The van der Waals surface area contributed by atoms with Gasteiger partial charge in [-0.1, -0.05) is 52.3 Å². The van der Waals surface area contributed by atoms with Crippen molar-refractivity contribution in [2.45, 2.75) is 34.1 Å². The molecule has 1 atom stereocenters. The number of nitrogens with one attached hydrogen (secondary N) is 1. The molecule has 0 bridgehead atoms. The zero-order valence-electron chi connectivity index (χ0n) is 13.2. The lowest BCUT2D eigenvalue weighted by molar-refractivity contribution is 0.143. The Hall–Kier alpha value is -2.10. The Morgan fingerprint density at radius 3 is 2.71 bits per heavy atom. The van der Waals surface area contributed by atoms with Gasteiger partial charge in [0.05, 0.1) is 12.1 Å². The van der Waals surface area contributed by atoms with Crippen molar-refractivity contribution in [2.75, 3.05) is 11.9 Å². The zero-order chi connectivity index (χ0) is 15.7. The molecule has 1 N–H and O–H groups in total. The van der Waals surface area contributed by atoms with Gasteiger partial charge in [0.25, 0.3) is 0 Å². The Morgan fingerprint density at radius 1 is 1.29 bits per heavy atom. The minimum atomic E-state index is -0.455. The molecule has 4 heteroatoms. The molecule has 1 aromatic heterocycles. The maximum atomic E-state index is 11.6. The number of hydrogen-bond acceptors (Lipinski definition) is 3. The molecule has 0 aliphatic rings. The van der Waals surface area contributed by atoms with Crippen LogP contribution in [0.5, 0.6) is 0 Å². The highest BCUT2D eigenvalue weighted by atomic mass is 16.5. The van der Waals surface area contributed by atoms with Gasteiger partial charge in [-0.05, 0) is 24.1 Å². The summed E-state index contributed by atoms with van der Waals surface area (Å²) in [7, 11) is 0. The molecule has 1 heterocycles. The first-order valence-electron chi connectivity index (χ1n) is 7.48. The van der Waals surface area contributed by atoms with Crippen molar-refractivity contribution in [1.82, 2.24) is 4.98 Å². The van der Waals surface area contributed by atoms with Crippen molar-refractivity contribution < 1.29 is 11.0 Å². The minimum Gasteiger partial charge on any atom is -0.449 e. The maximum absolute atomic E-state index is 11.6. The number of hydrogen-bond donors (Lipinski definition) is 1. The quantitative estimate of drug-likeness (QED) is 0.852. The summed E-state index contributed by atoms with van der Waals surface area (Å²) in [6, 6.07) is 11.5. The van der Waals surface area contributed by atoms with Crippen molar-refractivity contribution in [3.8, 4) is 0 Å². The van der Waals surface area contributed by atoms with Crippen LogP contribution in [0, 0.1) is 5.92 Å². The van der Waals surface area contributed by atoms with Gasteiger partial charge in [0.15, 0.2) is 0 Å². The van der Waals surface area contributed by atoms with Gasteiger partial charge >= 0.3 is 6.09 Å². The van der Waals surface area contributed by atoms with E-state index in [1.165, 1.54) is 0 Å². The van der Waals surface area contributed by atoms with Gasteiger partial charge in [0.1, 0.15) is 5.82 Å². The summed E-state index contributed by atoms with van der Waals surface area (Å²) in [5.74, 6) is 0.878. The topological polar surface area (TPSA) is 51.2 Å². The van der Waals surface area contributed by atoms with Crippen molar-refractivity contribution in [3.63, 3.8) is 0 Å². The number of pyridine rings is 1. The Balaban J connectivity index is 0.00000141. The normalized spacial score (nSPS) is 11.2. The van der Waals surface area contributed by atoms with Crippen molar-refractivity contribution in [1.29, 1.82) is 0 Å². The fraction of sp³-hybridized carbons (Fsp3) is 0.412. The third kappa shape index (κ3) is 5.42. The number of para-hydroxylation sites is 1. The molecule has 2 rings (SSSR count). The number of carbonyl (C=O) groups is 1. The first-order valence-corrected chi connectivity index (χ1v) is 7.48. The molecule has 116 valence electrons. The van der Waals surface area contributed by atoms with E-state index >= 15 is 0 Å². The van der Waals surface area contributed by atoms with Gasteiger partial charge in [-0.25, -0.2) is 9.78 Å². The third-order valence-corrected chi connectivity index (χ3v) is 3.02. The number of anilines is 1. The second-order valence-electron chi connectivity index (χ2n) is 4.63. The predicted octanol–water partition coefficient (Wildman–Crippen LogP) is 5.10. The summed E-state index contributed by atoms with van der Waals surface area (Å²) in [5.41, 5.74) is 0.849. The summed E-state index contributed by atoms with van der Waals surface area (Å²) in [6.07, 6.45) is 0.532. The number of carbonyl (C=O) groups excluding carboxylic acids is 1. The van der Waals surface area contributed by atoms with Gasteiger partial charge in [-0.2, -0.15) is 0 Å². The molecule has 21 heavy (non-hydrogen) atoms. The number of fused-ring (bicyclic) bond motifs is 1. The summed E-state index contributed by atoms with van der Waals surface area (Å²) >= 11 is 0. The highest BCUT2D eigenvalue weighted by Crippen LogP contribution is 2.14. The van der Waals surface area contributed by atoms with E-state index in [2.05, 4.69) is 17.2 Å². The van der Waals surface area contributed by atoms with Crippen LogP contribution >= 0.6 is 0 Å². The lowest BCUT2D eigenvalue weighted by Crippen LogP contribution is -2.17. The van der Waals surface area contributed by atoms with Crippen molar-refractivity contribution in [2.24, 2.45) is 5.92 Å². The number of ether oxygens (including phenoxy) is 1. The molecule has 0 fully saturated rings. The van der Waals surface area contributed by atoms with Crippen molar-refractivity contribution in [3.05, 3.63) is 36.4 Å². The molecular formula is C17H26N2O2. The van der Waals surface area contributed by atoms with Crippen LogP contribution in [0.1, 0.15) is 35.5 Å². The van der Waals surface area contributed by atoms with E-state index in [-0.39, 0.29) is 1.43 Å². The van der Waals surface area contributed by atoms with Crippen LogP contribution in [-0.2, 0) is 4.74 Å². The van der Waals surface area contributed by atoms with Crippen LogP contribution in [0.2, 0.25) is 0 Å². The summed E-state index contributed by atoms with van der Waals surface area (Å²) in [6.45, 7) is 8.54. The highest BCUT2D eigenvalue weighted by molar-refractivity contribution is 5.86. The molecule has 1 aromatic carbocycles. The molecule has 0 spiro atoms. The smallest absolute Gasteiger partial charge is 0.412 e. The first-order chi connectivity index (χ1) is 10.2. The van der Waals surface area contributed by atoms with E-state index < -0.39 is 6.09 Å².